The molecule has 184 valence electrons. The maximum atomic E-state index is 11.1. The van der Waals surface area contributed by atoms with E-state index in [2.05, 4.69) is 18.7 Å². The molecule has 0 spiro atoms. The van der Waals surface area contributed by atoms with Crippen LogP contribution in [0.5, 0.6) is 11.6 Å². The van der Waals surface area contributed by atoms with Gasteiger partial charge in [0.15, 0.2) is 0 Å². The molecule has 1 unspecified atom stereocenters. The lowest BCUT2D eigenvalue weighted by atomic mass is 9.92. The van der Waals surface area contributed by atoms with Crippen molar-refractivity contribution >= 4 is 5.97 Å². The van der Waals surface area contributed by atoms with Gasteiger partial charge in [-0.25, -0.2) is 4.98 Å². The lowest BCUT2D eigenvalue weighted by Crippen LogP contribution is -2.19. The first-order chi connectivity index (χ1) is 16.8. The second-order valence-corrected chi connectivity index (χ2v) is 9.23. The Morgan fingerprint density at radius 3 is 2.74 bits per heavy atom. The molecular formula is C28H32N2O5. The van der Waals surface area contributed by atoms with E-state index < -0.39 is 5.97 Å². The van der Waals surface area contributed by atoms with E-state index in [1.165, 1.54) is 0 Å². The third kappa shape index (κ3) is 6.11. The maximum Gasteiger partial charge on any atom is 0.304 e. The number of allylic oxidation sites excluding steroid dienone is 4. The molecule has 2 aliphatic rings. The summed E-state index contributed by atoms with van der Waals surface area (Å²) in [6.07, 6.45) is 6.37. The predicted octanol–water partition coefficient (Wildman–Crippen LogP) is 4.90. The van der Waals surface area contributed by atoms with Crippen LogP contribution >= 0.6 is 0 Å². The summed E-state index contributed by atoms with van der Waals surface area (Å²) < 4.78 is 17.5. The predicted molar refractivity (Wildman–Crippen MR) is 134 cm³/mol. The average Bonchev–Trinajstić information content (AvgIpc) is 3.18. The number of carbonyl (C=O) groups is 1. The highest BCUT2D eigenvalue weighted by Crippen LogP contribution is 2.37. The minimum Gasteiger partial charge on any atom is -0.493 e. The van der Waals surface area contributed by atoms with Crippen LogP contribution in [-0.4, -0.2) is 54.8 Å². The Morgan fingerprint density at radius 2 is 2.03 bits per heavy atom. The quantitative estimate of drug-likeness (QED) is 0.516. The maximum absolute atomic E-state index is 11.1. The smallest absolute Gasteiger partial charge is 0.304 e. The summed E-state index contributed by atoms with van der Waals surface area (Å²) in [7, 11) is 4.05. The van der Waals surface area contributed by atoms with Gasteiger partial charge in [-0.3, -0.25) is 4.79 Å². The van der Waals surface area contributed by atoms with Crippen molar-refractivity contribution in [3.8, 4) is 22.9 Å². The number of fused-ring (bicyclic) bond motifs is 1. The highest BCUT2D eigenvalue weighted by Gasteiger charge is 2.30. The molecule has 2 heterocycles. The molecule has 1 aliphatic carbocycles. The van der Waals surface area contributed by atoms with Gasteiger partial charge < -0.3 is 24.2 Å². The second-order valence-electron chi connectivity index (χ2n) is 9.23. The average molecular weight is 477 g/mol. The summed E-state index contributed by atoms with van der Waals surface area (Å²) in [6, 6.07) is 9.84. The molecule has 4 rings (SSSR count). The number of ether oxygens (including phenoxy) is 3. The minimum absolute atomic E-state index is 0.0808. The third-order valence-electron chi connectivity index (χ3n) is 6.08. The Bertz CT molecular complexity index is 1170. The molecule has 1 aliphatic heterocycles. The van der Waals surface area contributed by atoms with Crippen molar-refractivity contribution in [2.24, 2.45) is 5.92 Å². The van der Waals surface area contributed by atoms with Crippen molar-refractivity contribution in [2.75, 3.05) is 33.9 Å². The first-order valence-corrected chi connectivity index (χ1v) is 11.8. The van der Waals surface area contributed by atoms with Gasteiger partial charge in [0.05, 0.1) is 25.0 Å². The van der Waals surface area contributed by atoms with Gasteiger partial charge in [-0.15, -0.1) is 0 Å². The fourth-order valence-electron chi connectivity index (χ4n) is 4.39. The number of hydrogen-bond donors (Lipinski definition) is 1. The van der Waals surface area contributed by atoms with Crippen LogP contribution in [0.2, 0.25) is 0 Å². The summed E-state index contributed by atoms with van der Waals surface area (Å²) in [6.45, 7) is 6.03. The zero-order valence-corrected chi connectivity index (χ0v) is 20.7. The zero-order valence-electron chi connectivity index (χ0n) is 20.7. The lowest BCUT2D eigenvalue weighted by molar-refractivity contribution is -0.137. The number of rotatable bonds is 9. The van der Waals surface area contributed by atoms with Gasteiger partial charge in [0.2, 0.25) is 5.88 Å². The van der Waals surface area contributed by atoms with Gasteiger partial charge in [0.1, 0.15) is 18.1 Å². The van der Waals surface area contributed by atoms with Crippen LogP contribution < -0.4 is 9.47 Å². The number of hydrogen-bond acceptors (Lipinski definition) is 6. The summed E-state index contributed by atoms with van der Waals surface area (Å²) >= 11 is 0. The number of likely N-dealkylation sites (N-methyl/N-ethyl adjacent to an activating group) is 1. The largest absolute Gasteiger partial charge is 0.493 e. The first kappa shape index (κ1) is 24.5. The molecule has 1 aromatic heterocycles. The number of aliphatic carboxylic acids is 1. The van der Waals surface area contributed by atoms with Gasteiger partial charge in [-0.2, -0.15) is 0 Å². The van der Waals surface area contributed by atoms with Gasteiger partial charge in [0, 0.05) is 24.1 Å². The molecule has 7 heteroatoms. The Labute approximate surface area is 206 Å². The SMILES string of the molecule is Cc1cc(OCCN(C)C)cc(C)c1-c1cccc(OC=C2C=C3OCC(CC(=O)O)C3=CC2)n1. The second kappa shape index (κ2) is 10.8. The van der Waals surface area contributed by atoms with Crippen LogP contribution in [0, 0.1) is 19.8 Å². The van der Waals surface area contributed by atoms with E-state index in [0.717, 1.165) is 51.6 Å². The monoisotopic (exact) mass is 476 g/mol. The lowest BCUT2D eigenvalue weighted by Gasteiger charge is -2.15. The Hall–Kier alpha value is -3.58. The molecule has 0 amide bonds. The zero-order chi connectivity index (χ0) is 24.9. The van der Waals surface area contributed by atoms with Crippen molar-refractivity contribution in [3.63, 3.8) is 0 Å². The van der Waals surface area contributed by atoms with Crippen LogP contribution in [0.1, 0.15) is 24.0 Å². The van der Waals surface area contributed by atoms with Crippen molar-refractivity contribution < 1.29 is 24.1 Å². The minimum atomic E-state index is -0.812. The van der Waals surface area contributed by atoms with Crippen LogP contribution in [0.3, 0.4) is 0 Å². The fourth-order valence-corrected chi connectivity index (χ4v) is 4.39. The number of nitrogens with zero attached hydrogens (tertiary/aromatic N) is 2. The molecule has 1 fully saturated rings. The standard InChI is InChI=1S/C28H32N2O5/c1-18-12-22(33-11-10-30(3)4)13-19(2)28(18)24-6-5-7-26(29-24)35-16-20-8-9-23-21(15-27(31)32)17-34-25(23)14-20/h5-7,9,12-14,16,21H,8,10-11,15,17H2,1-4H3,(H,31,32). The van der Waals surface area contributed by atoms with Crippen molar-refractivity contribution in [2.45, 2.75) is 26.7 Å². The van der Waals surface area contributed by atoms with E-state index >= 15 is 0 Å². The Morgan fingerprint density at radius 1 is 1.26 bits per heavy atom. The van der Waals surface area contributed by atoms with Crippen molar-refractivity contribution in [3.05, 3.63) is 76.8 Å². The van der Waals surface area contributed by atoms with Crippen LogP contribution in [0.25, 0.3) is 11.3 Å². The van der Waals surface area contributed by atoms with Gasteiger partial charge in [-0.1, -0.05) is 12.1 Å². The molecule has 0 radical (unpaired) electrons. The number of benzene rings is 1. The van der Waals surface area contributed by atoms with E-state index in [-0.39, 0.29) is 12.3 Å². The Kier molecular flexibility index (Phi) is 7.56. The van der Waals surface area contributed by atoms with Gasteiger partial charge in [0.25, 0.3) is 0 Å². The topological polar surface area (TPSA) is 81.1 Å². The molecule has 2 aromatic rings. The van der Waals surface area contributed by atoms with E-state index in [0.29, 0.717) is 25.5 Å². The number of aryl methyl sites for hydroxylation is 2. The molecular weight excluding hydrogens is 444 g/mol. The van der Waals surface area contributed by atoms with E-state index in [1.807, 2.05) is 56.6 Å². The molecule has 0 bridgehead atoms. The molecule has 1 saturated heterocycles. The normalized spacial score (nSPS) is 18.1. The summed E-state index contributed by atoms with van der Waals surface area (Å²) in [5, 5.41) is 9.08. The highest BCUT2D eigenvalue weighted by molar-refractivity contribution is 5.69. The molecule has 1 atom stereocenters. The summed E-state index contributed by atoms with van der Waals surface area (Å²) in [5.74, 6) is 1.20. The number of carboxylic acid groups (broad SMARTS) is 1. The van der Waals surface area contributed by atoms with Crippen molar-refractivity contribution in [1.29, 1.82) is 0 Å². The first-order valence-electron chi connectivity index (χ1n) is 11.8. The summed E-state index contributed by atoms with van der Waals surface area (Å²) in [5.41, 5.74) is 6.02. The summed E-state index contributed by atoms with van der Waals surface area (Å²) in [4.78, 5) is 17.9. The third-order valence-corrected chi connectivity index (χ3v) is 6.08. The molecule has 0 saturated carbocycles. The molecule has 1 N–H and O–H groups in total. The van der Waals surface area contributed by atoms with Gasteiger partial charge in [-0.05, 0) is 80.9 Å². The van der Waals surface area contributed by atoms with E-state index in [9.17, 15) is 4.79 Å². The molecule has 35 heavy (non-hydrogen) atoms. The van der Waals surface area contributed by atoms with Gasteiger partial charge >= 0.3 is 5.97 Å². The van der Waals surface area contributed by atoms with Crippen LogP contribution in [0.15, 0.2) is 65.7 Å². The molecule has 1 aromatic carbocycles. The fraction of sp³-hybridized carbons (Fsp3) is 0.357. The van der Waals surface area contributed by atoms with Crippen molar-refractivity contribution in [1.82, 2.24) is 9.88 Å². The number of carboxylic acids is 1. The number of aromatic nitrogens is 1. The van der Waals surface area contributed by atoms with E-state index in [4.69, 9.17) is 24.3 Å². The number of pyridine rings is 1. The van der Waals surface area contributed by atoms with Crippen LogP contribution in [-0.2, 0) is 9.53 Å². The van der Waals surface area contributed by atoms with E-state index in [1.54, 1.807) is 6.26 Å². The Balaban J connectivity index is 1.45. The molecule has 7 nitrogen and oxygen atoms in total. The highest BCUT2D eigenvalue weighted by atomic mass is 16.5. The van der Waals surface area contributed by atoms with Crippen LogP contribution in [0.4, 0.5) is 0 Å².